The minimum Gasteiger partial charge on any atom is -0.465 e. The van der Waals surface area contributed by atoms with Crippen LogP contribution in [0.25, 0.3) is 0 Å². The Kier molecular flexibility index (Phi) is 4.73. The maximum Gasteiger partial charge on any atom is 0.337 e. The number of nitrogens with one attached hydrogen (secondary N) is 1. The summed E-state index contributed by atoms with van der Waals surface area (Å²) < 4.78 is 18.0. The second kappa shape index (κ2) is 6.71. The normalized spacial score (nSPS) is 10.1. The SMILES string of the molecule is COC(=O)c1cccc(CNc2ccc(F)c(C(N)=O)c2)c1. The number of carbonyl (C=O) groups is 2. The van der Waals surface area contributed by atoms with Gasteiger partial charge in [0.25, 0.3) is 5.91 Å². The highest BCUT2D eigenvalue weighted by Crippen LogP contribution is 2.16. The van der Waals surface area contributed by atoms with Gasteiger partial charge in [-0.15, -0.1) is 0 Å². The van der Waals surface area contributed by atoms with E-state index in [-0.39, 0.29) is 5.56 Å². The number of halogens is 1. The van der Waals surface area contributed by atoms with Crippen molar-refractivity contribution >= 4 is 17.6 Å². The Labute approximate surface area is 126 Å². The number of carbonyl (C=O) groups excluding carboxylic acids is 2. The van der Waals surface area contributed by atoms with Gasteiger partial charge in [-0.3, -0.25) is 4.79 Å². The Morgan fingerprint density at radius 3 is 2.68 bits per heavy atom. The van der Waals surface area contributed by atoms with Crippen LogP contribution in [0, 0.1) is 5.82 Å². The lowest BCUT2D eigenvalue weighted by molar-refractivity contribution is 0.0600. The van der Waals surface area contributed by atoms with Crippen molar-refractivity contribution in [2.45, 2.75) is 6.54 Å². The lowest BCUT2D eigenvalue weighted by atomic mass is 10.1. The molecule has 0 aliphatic heterocycles. The molecule has 2 aromatic rings. The summed E-state index contributed by atoms with van der Waals surface area (Å²) in [5.74, 6) is -1.90. The van der Waals surface area contributed by atoms with Gasteiger partial charge in [-0.2, -0.15) is 0 Å². The van der Waals surface area contributed by atoms with Crippen LogP contribution in [0.15, 0.2) is 42.5 Å². The molecule has 114 valence electrons. The third kappa shape index (κ3) is 3.60. The molecule has 22 heavy (non-hydrogen) atoms. The molecule has 0 aliphatic carbocycles. The minimum atomic E-state index is -0.825. The van der Waals surface area contributed by atoms with E-state index in [1.165, 1.54) is 25.3 Å². The van der Waals surface area contributed by atoms with E-state index in [0.29, 0.717) is 17.8 Å². The molecule has 6 heteroatoms. The third-order valence-electron chi connectivity index (χ3n) is 3.08. The first kappa shape index (κ1) is 15.5. The molecule has 0 saturated heterocycles. The molecular weight excluding hydrogens is 287 g/mol. The van der Waals surface area contributed by atoms with Crippen LogP contribution in [0.3, 0.4) is 0 Å². The van der Waals surface area contributed by atoms with Gasteiger partial charge in [-0.05, 0) is 35.9 Å². The molecule has 0 bridgehead atoms. The van der Waals surface area contributed by atoms with E-state index in [4.69, 9.17) is 5.73 Å². The van der Waals surface area contributed by atoms with E-state index in [0.717, 1.165) is 5.56 Å². The van der Waals surface area contributed by atoms with Crippen molar-refractivity contribution in [3.8, 4) is 0 Å². The number of rotatable bonds is 5. The topological polar surface area (TPSA) is 81.4 Å². The van der Waals surface area contributed by atoms with Gasteiger partial charge in [0.2, 0.25) is 0 Å². The maximum absolute atomic E-state index is 13.4. The fourth-order valence-corrected chi connectivity index (χ4v) is 1.95. The molecule has 2 rings (SSSR count). The fourth-order valence-electron chi connectivity index (χ4n) is 1.95. The van der Waals surface area contributed by atoms with Crippen molar-refractivity contribution in [3.63, 3.8) is 0 Å². The molecule has 0 aromatic heterocycles. The number of methoxy groups -OCH3 is 1. The van der Waals surface area contributed by atoms with Gasteiger partial charge in [-0.25, -0.2) is 9.18 Å². The number of hydrogen-bond donors (Lipinski definition) is 2. The summed E-state index contributed by atoms with van der Waals surface area (Å²) in [5, 5.41) is 3.04. The first-order valence-electron chi connectivity index (χ1n) is 6.51. The second-order valence-corrected chi connectivity index (χ2v) is 4.60. The molecule has 0 unspecified atom stereocenters. The number of esters is 1. The van der Waals surface area contributed by atoms with E-state index in [9.17, 15) is 14.0 Å². The summed E-state index contributed by atoms with van der Waals surface area (Å²) in [5.41, 5.74) is 6.77. The average Bonchev–Trinajstić information content (AvgIpc) is 2.53. The fraction of sp³-hybridized carbons (Fsp3) is 0.125. The van der Waals surface area contributed by atoms with Gasteiger partial charge in [0.15, 0.2) is 0 Å². The van der Waals surface area contributed by atoms with Crippen LogP contribution >= 0.6 is 0 Å². The lowest BCUT2D eigenvalue weighted by Gasteiger charge is -2.09. The molecule has 0 fully saturated rings. The van der Waals surface area contributed by atoms with Gasteiger partial charge in [0.1, 0.15) is 5.82 Å². The number of amides is 1. The molecule has 2 aromatic carbocycles. The molecular formula is C16H15FN2O3. The van der Waals surface area contributed by atoms with E-state index < -0.39 is 17.7 Å². The van der Waals surface area contributed by atoms with Gasteiger partial charge in [0, 0.05) is 12.2 Å². The number of nitrogens with two attached hydrogens (primary N) is 1. The molecule has 1 amide bonds. The first-order valence-corrected chi connectivity index (χ1v) is 6.51. The molecule has 5 nitrogen and oxygen atoms in total. The Bertz CT molecular complexity index is 716. The maximum atomic E-state index is 13.4. The van der Waals surface area contributed by atoms with Crippen LogP contribution < -0.4 is 11.1 Å². The smallest absolute Gasteiger partial charge is 0.337 e. The van der Waals surface area contributed by atoms with Gasteiger partial charge < -0.3 is 15.8 Å². The second-order valence-electron chi connectivity index (χ2n) is 4.60. The summed E-state index contributed by atoms with van der Waals surface area (Å²) in [6, 6.07) is 10.9. The Hall–Kier alpha value is -2.89. The average molecular weight is 302 g/mol. The van der Waals surface area contributed by atoms with Gasteiger partial charge in [-0.1, -0.05) is 12.1 Å². The van der Waals surface area contributed by atoms with Crippen LogP contribution in [0.4, 0.5) is 10.1 Å². The highest BCUT2D eigenvalue weighted by Gasteiger charge is 2.09. The molecule has 0 radical (unpaired) electrons. The highest BCUT2D eigenvalue weighted by molar-refractivity contribution is 5.94. The number of ether oxygens (including phenoxy) is 1. The van der Waals surface area contributed by atoms with Crippen LogP contribution in [0.5, 0.6) is 0 Å². The number of anilines is 1. The van der Waals surface area contributed by atoms with Crippen molar-refractivity contribution in [2.24, 2.45) is 5.73 Å². The van der Waals surface area contributed by atoms with Gasteiger partial charge in [0.05, 0.1) is 18.2 Å². The minimum absolute atomic E-state index is 0.173. The molecule has 0 aliphatic rings. The number of primary amides is 1. The third-order valence-corrected chi connectivity index (χ3v) is 3.08. The van der Waals surface area contributed by atoms with Crippen molar-refractivity contribution < 1.29 is 18.7 Å². The standard InChI is InChI=1S/C16H15FN2O3/c1-22-16(21)11-4-2-3-10(7-11)9-19-12-5-6-14(17)13(8-12)15(18)20/h2-8,19H,9H2,1H3,(H2,18,20). The van der Waals surface area contributed by atoms with Crippen LogP contribution in [-0.2, 0) is 11.3 Å². The van der Waals surface area contributed by atoms with Crippen LogP contribution in [0.2, 0.25) is 0 Å². The largest absolute Gasteiger partial charge is 0.465 e. The lowest BCUT2D eigenvalue weighted by Crippen LogP contribution is -2.13. The molecule has 0 spiro atoms. The summed E-state index contributed by atoms with van der Waals surface area (Å²) in [6.07, 6.45) is 0. The Balaban J connectivity index is 2.12. The number of benzene rings is 2. The van der Waals surface area contributed by atoms with E-state index >= 15 is 0 Å². The summed E-state index contributed by atoms with van der Waals surface area (Å²) in [6.45, 7) is 0.397. The first-order chi connectivity index (χ1) is 10.5. The zero-order valence-electron chi connectivity index (χ0n) is 11.9. The van der Waals surface area contributed by atoms with E-state index in [1.54, 1.807) is 18.2 Å². The zero-order chi connectivity index (χ0) is 16.1. The Morgan fingerprint density at radius 2 is 2.00 bits per heavy atom. The van der Waals surface area contributed by atoms with Crippen molar-refractivity contribution in [2.75, 3.05) is 12.4 Å². The van der Waals surface area contributed by atoms with E-state index in [2.05, 4.69) is 10.1 Å². The Morgan fingerprint density at radius 1 is 1.23 bits per heavy atom. The summed E-state index contributed by atoms with van der Waals surface area (Å²) in [4.78, 5) is 22.6. The molecule has 3 N–H and O–H groups in total. The predicted molar refractivity (Wildman–Crippen MR) is 80.0 cm³/mol. The zero-order valence-corrected chi connectivity index (χ0v) is 11.9. The molecule has 0 heterocycles. The van der Waals surface area contributed by atoms with Crippen LogP contribution in [0.1, 0.15) is 26.3 Å². The summed E-state index contributed by atoms with van der Waals surface area (Å²) in [7, 11) is 1.32. The highest BCUT2D eigenvalue weighted by atomic mass is 19.1. The summed E-state index contributed by atoms with van der Waals surface area (Å²) >= 11 is 0. The molecule has 0 saturated carbocycles. The van der Waals surface area contributed by atoms with Gasteiger partial charge >= 0.3 is 5.97 Å². The van der Waals surface area contributed by atoms with E-state index in [1.807, 2.05) is 6.07 Å². The predicted octanol–water partition coefficient (Wildman–Crippen LogP) is 2.32. The molecule has 0 atom stereocenters. The monoisotopic (exact) mass is 302 g/mol. The number of hydrogen-bond acceptors (Lipinski definition) is 4. The van der Waals surface area contributed by atoms with Crippen LogP contribution in [-0.4, -0.2) is 19.0 Å². The van der Waals surface area contributed by atoms with Crippen molar-refractivity contribution in [1.29, 1.82) is 0 Å². The quantitative estimate of drug-likeness (QED) is 0.831. The van der Waals surface area contributed by atoms with Crippen molar-refractivity contribution in [1.82, 2.24) is 0 Å². The van der Waals surface area contributed by atoms with Crippen molar-refractivity contribution in [3.05, 3.63) is 65.0 Å².